The summed E-state index contributed by atoms with van der Waals surface area (Å²) in [7, 11) is 0. The SMILES string of the molecule is CC(=O)N1CCc2cc(NC(=O)c3ccc(SCc4ccncc4)s3)ccc21. The zero-order valence-corrected chi connectivity index (χ0v) is 17.0. The first-order valence-corrected chi connectivity index (χ1v) is 10.7. The van der Waals surface area contributed by atoms with E-state index in [1.807, 2.05) is 42.5 Å². The number of hydrogen-bond acceptors (Lipinski definition) is 5. The van der Waals surface area contributed by atoms with Gasteiger partial charge in [0.25, 0.3) is 5.91 Å². The lowest BCUT2D eigenvalue weighted by Gasteiger charge is -2.15. The summed E-state index contributed by atoms with van der Waals surface area (Å²) in [6.45, 7) is 2.27. The van der Waals surface area contributed by atoms with Crippen LogP contribution >= 0.6 is 23.1 Å². The van der Waals surface area contributed by atoms with E-state index in [0.29, 0.717) is 11.4 Å². The number of hydrogen-bond donors (Lipinski definition) is 1. The number of anilines is 2. The molecule has 0 spiro atoms. The number of thioether (sulfide) groups is 1. The lowest BCUT2D eigenvalue weighted by atomic mass is 10.1. The Morgan fingerprint density at radius 1 is 1.18 bits per heavy atom. The molecule has 0 atom stereocenters. The first-order valence-electron chi connectivity index (χ1n) is 8.94. The van der Waals surface area contributed by atoms with E-state index in [0.717, 1.165) is 33.3 Å². The van der Waals surface area contributed by atoms with Crippen molar-refractivity contribution in [3.8, 4) is 0 Å². The number of pyridine rings is 1. The lowest BCUT2D eigenvalue weighted by Crippen LogP contribution is -2.25. The molecule has 2 amide bonds. The van der Waals surface area contributed by atoms with E-state index in [4.69, 9.17) is 0 Å². The van der Waals surface area contributed by atoms with Crippen molar-refractivity contribution in [2.75, 3.05) is 16.8 Å². The molecule has 4 rings (SSSR count). The van der Waals surface area contributed by atoms with Crippen LogP contribution in [0, 0.1) is 0 Å². The minimum Gasteiger partial charge on any atom is -0.321 e. The third kappa shape index (κ3) is 4.10. The van der Waals surface area contributed by atoms with Crippen molar-refractivity contribution in [2.45, 2.75) is 23.3 Å². The highest BCUT2D eigenvalue weighted by Gasteiger charge is 2.22. The number of amides is 2. The number of nitrogens with one attached hydrogen (secondary N) is 1. The van der Waals surface area contributed by atoms with Gasteiger partial charge >= 0.3 is 0 Å². The molecule has 0 fully saturated rings. The van der Waals surface area contributed by atoms with Crippen LogP contribution < -0.4 is 10.2 Å². The minimum atomic E-state index is -0.109. The number of fused-ring (bicyclic) bond motifs is 1. The Hall–Kier alpha value is -2.64. The highest BCUT2D eigenvalue weighted by atomic mass is 32.2. The molecule has 7 heteroatoms. The minimum absolute atomic E-state index is 0.0471. The molecule has 1 aliphatic rings. The van der Waals surface area contributed by atoms with Gasteiger partial charge in [-0.05, 0) is 60.0 Å². The van der Waals surface area contributed by atoms with Crippen molar-refractivity contribution in [3.63, 3.8) is 0 Å². The van der Waals surface area contributed by atoms with E-state index in [1.54, 1.807) is 36.0 Å². The highest BCUT2D eigenvalue weighted by molar-refractivity contribution is 8.00. The van der Waals surface area contributed by atoms with Crippen molar-refractivity contribution in [2.24, 2.45) is 0 Å². The van der Waals surface area contributed by atoms with E-state index in [2.05, 4.69) is 10.3 Å². The Labute approximate surface area is 171 Å². The third-order valence-electron chi connectivity index (χ3n) is 4.55. The van der Waals surface area contributed by atoms with Crippen LogP contribution in [0.5, 0.6) is 0 Å². The van der Waals surface area contributed by atoms with E-state index in [1.165, 1.54) is 16.9 Å². The first-order chi connectivity index (χ1) is 13.6. The second-order valence-corrected chi connectivity index (χ2v) is 8.84. The largest absolute Gasteiger partial charge is 0.321 e. The lowest BCUT2D eigenvalue weighted by molar-refractivity contribution is -0.116. The van der Waals surface area contributed by atoms with Gasteiger partial charge in [-0.1, -0.05) is 0 Å². The summed E-state index contributed by atoms with van der Waals surface area (Å²) in [5.41, 5.74) is 4.00. The van der Waals surface area contributed by atoms with Crippen LogP contribution in [-0.4, -0.2) is 23.3 Å². The van der Waals surface area contributed by atoms with Gasteiger partial charge in [0, 0.05) is 43.0 Å². The third-order valence-corrected chi connectivity index (χ3v) is 6.93. The molecule has 3 heterocycles. The number of benzene rings is 1. The van der Waals surface area contributed by atoms with Gasteiger partial charge in [0.2, 0.25) is 5.91 Å². The molecule has 28 heavy (non-hydrogen) atoms. The van der Waals surface area contributed by atoms with Crippen LogP contribution in [0.2, 0.25) is 0 Å². The van der Waals surface area contributed by atoms with E-state index in [-0.39, 0.29) is 11.8 Å². The summed E-state index contributed by atoms with van der Waals surface area (Å²) in [5.74, 6) is 0.787. The van der Waals surface area contributed by atoms with Gasteiger partial charge in [-0.3, -0.25) is 14.6 Å². The second-order valence-electron chi connectivity index (χ2n) is 6.48. The fourth-order valence-corrected chi connectivity index (χ4v) is 5.13. The van der Waals surface area contributed by atoms with E-state index in [9.17, 15) is 9.59 Å². The molecule has 1 N–H and O–H groups in total. The average Bonchev–Trinajstić information content (AvgIpc) is 3.34. The van der Waals surface area contributed by atoms with Gasteiger partial charge in [-0.25, -0.2) is 0 Å². The van der Waals surface area contributed by atoms with Crippen LogP contribution in [-0.2, 0) is 17.0 Å². The Morgan fingerprint density at radius 2 is 2.00 bits per heavy atom. The van der Waals surface area contributed by atoms with Gasteiger partial charge < -0.3 is 10.2 Å². The highest BCUT2D eigenvalue weighted by Crippen LogP contribution is 2.32. The Balaban J connectivity index is 1.39. The van der Waals surface area contributed by atoms with Gasteiger partial charge in [-0.15, -0.1) is 23.1 Å². The summed E-state index contributed by atoms with van der Waals surface area (Å²) in [5, 5.41) is 2.97. The topological polar surface area (TPSA) is 62.3 Å². The number of carbonyl (C=O) groups is 2. The number of aromatic nitrogens is 1. The summed E-state index contributed by atoms with van der Waals surface area (Å²) in [6.07, 6.45) is 4.39. The fourth-order valence-electron chi connectivity index (χ4n) is 3.15. The molecule has 1 aliphatic heterocycles. The first kappa shape index (κ1) is 18.7. The summed E-state index contributed by atoms with van der Waals surface area (Å²) in [6, 6.07) is 13.6. The van der Waals surface area contributed by atoms with Crippen LogP contribution in [0.25, 0.3) is 0 Å². The van der Waals surface area contributed by atoms with Gasteiger partial charge in [0.15, 0.2) is 0 Å². The maximum Gasteiger partial charge on any atom is 0.265 e. The molecule has 1 aromatic carbocycles. The molecule has 0 saturated heterocycles. The van der Waals surface area contributed by atoms with Crippen LogP contribution in [0.15, 0.2) is 59.1 Å². The predicted molar refractivity (Wildman–Crippen MR) is 114 cm³/mol. The Morgan fingerprint density at radius 3 is 2.79 bits per heavy atom. The molecule has 0 saturated carbocycles. The number of rotatable bonds is 5. The zero-order valence-electron chi connectivity index (χ0n) is 15.3. The van der Waals surface area contributed by atoms with Crippen molar-refractivity contribution in [1.82, 2.24) is 4.98 Å². The molecular formula is C21H19N3O2S2. The predicted octanol–water partition coefficient (Wildman–Crippen LogP) is 4.60. The van der Waals surface area contributed by atoms with Crippen molar-refractivity contribution < 1.29 is 9.59 Å². The molecule has 0 unspecified atom stereocenters. The smallest absolute Gasteiger partial charge is 0.265 e. The Bertz CT molecular complexity index is 1020. The molecule has 5 nitrogen and oxygen atoms in total. The van der Waals surface area contributed by atoms with Crippen LogP contribution in [0.1, 0.15) is 27.7 Å². The Kier molecular flexibility index (Phi) is 5.45. The summed E-state index contributed by atoms with van der Waals surface area (Å²) >= 11 is 3.20. The molecule has 0 radical (unpaired) electrons. The van der Waals surface area contributed by atoms with E-state index >= 15 is 0 Å². The maximum absolute atomic E-state index is 12.6. The van der Waals surface area contributed by atoms with Crippen molar-refractivity contribution >= 4 is 46.3 Å². The average molecular weight is 410 g/mol. The van der Waals surface area contributed by atoms with Crippen LogP contribution in [0.3, 0.4) is 0 Å². The fraction of sp³-hybridized carbons (Fsp3) is 0.190. The summed E-state index contributed by atoms with van der Waals surface area (Å²) in [4.78, 5) is 30.7. The number of carbonyl (C=O) groups excluding carboxylic acids is 2. The molecule has 0 aliphatic carbocycles. The zero-order chi connectivity index (χ0) is 19.5. The standard InChI is InChI=1S/C21H19N3O2S2/c1-14(25)24-11-8-16-12-17(2-3-18(16)24)23-21(26)19-4-5-20(28-19)27-13-15-6-9-22-10-7-15/h2-7,9-10,12H,8,11,13H2,1H3,(H,23,26). The normalized spacial score (nSPS) is 12.7. The maximum atomic E-state index is 12.6. The number of thiophene rings is 1. The van der Waals surface area contributed by atoms with Gasteiger partial charge in [-0.2, -0.15) is 0 Å². The second kappa shape index (κ2) is 8.16. The molecule has 142 valence electrons. The van der Waals surface area contributed by atoms with Gasteiger partial charge in [0.05, 0.1) is 9.09 Å². The summed E-state index contributed by atoms with van der Waals surface area (Å²) < 4.78 is 1.10. The molecule has 0 bridgehead atoms. The van der Waals surface area contributed by atoms with Gasteiger partial charge in [0.1, 0.15) is 0 Å². The monoisotopic (exact) mass is 409 g/mol. The van der Waals surface area contributed by atoms with Crippen LogP contribution in [0.4, 0.5) is 11.4 Å². The molecular weight excluding hydrogens is 390 g/mol. The van der Waals surface area contributed by atoms with Crippen molar-refractivity contribution in [3.05, 3.63) is 70.9 Å². The van der Waals surface area contributed by atoms with Crippen molar-refractivity contribution in [1.29, 1.82) is 0 Å². The molecule has 3 aromatic rings. The molecule has 2 aromatic heterocycles. The quantitative estimate of drug-likeness (QED) is 0.626. The number of nitrogens with zero attached hydrogens (tertiary/aromatic N) is 2. The van der Waals surface area contributed by atoms with E-state index < -0.39 is 0 Å².